The molecule has 2 unspecified atom stereocenters. The average Bonchev–Trinajstić information content (AvgIpc) is 2.86. The summed E-state index contributed by atoms with van der Waals surface area (Å²) in [6, 6.07) is 0. The van der Waals surface area contributed by atoms with Gasteiger partial charge in [-0.15, -0.1) is 11.3 Å². The van der Waals surface area contributed by atoms with Crippen molar-refractivity contribution in [3.8, 4) is 0 Å². The first-order valence-corrected chi connectivity index (χ1v) is 5.99. The molecule has 7 heteroatoms. The number of hydrogen-bond acceptors (Lipinski definition) is 5. The first-order chi connectivity index (χ1) is 8.06. The van der Waals surface area contributed by atoms with Gasteiger partial charge in [0.25, 0.3) is 5.91 Å². The van der Waals surface area contributed by atoms with E-state index in [1.807, 2.05) is 6.92 Å². The van der Waals surface area contributed by atoms with Crippen molar-refractivity contribution in [2.45, 2.75) is 32.0 Å². The summed E-state index contributed by atoms with van der Waals surface area (Å²) in [4.78, 5) is 27.4. The molecule has 17 heavy (non-hydrogen) atoms. The molecule has 92 valence electrons. The molecule has 1 aromatic heterocycles. The maximum atomic E-state index is 11.7. The van der Waals surface area contributed by atoms with Crippen molar-refractivity contribution < 1.29 is 19.4 Å². The molecule has 0 bridgehead atoms. The Morgan fingerprint density at radius 3 is 2.76 bits per heavy atom. The van der Waals surface area contributed by atoms with Gasteiger partial charge in [-0.3, -0.25) is 10.1 Å². The number of nitrogens with one attached hydrogen (secondary N) is 1. The number of hydrogen-bond donors (Lipinski definition) is 2. The van der Waals surface area contributed by atoms with Gasteiger partial charge in [-0.1, -0.05) is 0 Å². The lowest BCUT2D eigenvalue weighted by Crippen LogP contribution is -2.29. The predicted molar refractivity (Wildman–Crippen MR) is 61.0 cm³/mol. The van der Waals surface area contributed by atoms with E-state index in [0.29, 0.717) is 18.0 Å². The third-order valence-corrected chi connectivity index (χ3v) is 3.27. The molecule has 1 fully saturated rings. The summed E-state index contributed by atoms with van der Waals surface area (Å²) in [5, 5.41) is 11.9. The van der Waals surface area contributed by atoms with Gasteiger partial charge in [-0.25, -0.2) is 9.78 Å². The minimum atomic E-state index is -1.02. The maximum absolute atomic E-state index is 11.7. The largest absolute Gasteiger partial charge is 0.479 e. The van der Waals surface area contributed by atoms with Crippen molar-refractivity contribution in [1.29, 1.82) is 0 Å². The predicted octanol–water partition coefficient (Wildman–Crippen LogP) is 1.02. The van der Waals surface area contributed by atoms with Crippen LogP contribution in [0, 0.1) is 6.92 Å². The van der Waals surface area contributed by atoms with Crippen LogP contribution >= 0.6 is 11.3 Å². The van der Waals surface area contributed by atoms with E-state index >= 15 is 0 Å². The molecule has 0 radical (unpaired) electrons. The molecule has 1 amide bonds. The van der Waals surface area contributed by atoms with E-state index in [9.17, 15) is 9.59 Å². The second-order valence-corrected chi connectivity index (χ2v) is 5.03. The van der Waals surface area contributed by atoms with Gasteiger partial charge >= 0.3 is 5.97 Å². The number of carbonyl (C=O) groups is 2. The number of carboxylic acid groups (broad SMARTS) is 1. The number of amides is 1. The fourth-order valence-corrected chi connectivity index (χ4v) is 2.28. The molecular formula is C10H12N2O4S. The topological polar surface area (TPSA) is 88.5 Å². The molecule has 2 N–H and O–H groups in total. The van der Waals surface area contributed by atoms with Crippen LogP contribution in [0.5, 0.6) is 0 Å². The second kappa shape index (κ2) is 4.80. The normalized spacial score (nSPS) is 23.6. The van der Waals surface area contributed by atoms with Crippen LogP contribution in [-0.2, 0) is 14.3 Å². The van der Waals surface area contributed by atoms with Gasteiger partial charge in [0.05, 0.1) is 0 Å². The number of aliphatic carboxylic acids is 1. The van der Waals surface area contributed by atoms with Crippen LogP contribution in [-0.4, -0.2) is 34.2 Å². The van der Waals surface area contributed by atoms with Crippen molar-refractivity contribution in [2.75, 3.05) is 5.32 Å². The lowest BCUT2D eigenvalue weighted by Gasteiger charge is -2.09. The average molecular weight is 256 g/mol. The number of carbonyl (C=O) groups excluding carboxylic acids is 1. The van der Waals surface area contributed by atoms with Crippen molar-refractivity contribution in [3.63, 3.8) is 0 Å². The van der Waals surface area contributed by atoms with Crippen molar-refractivity contribution in [3.05, 3.63) is 11.1 Å². The molecule has 2 rings (SSSR count). The van der Waals surface area contributed by atoms with E-state index in [2.05, 4.69) is 10.3 Å². The third kappa shape index (κ3) is 2.80. The highest BCUT2D eigenvalue weighted by Crippen LogP contribution is 2.22. The van der Waals surface area contributed by atoms with Crippen LogP contribution in [0.2, 0.25) is 0 Å². The Kier molecular flexibility index (Phi) is 3.39. The van der Waals surface area contributed by atoms with Crippen LogP contribution in [0.1, 0.15) is 17.7 Å². The van der Waals surface area contributed by atoms with Crippen molar-refractivity contribution >= 4 is 28.3 Å². The molecule has 1 aliphatic rings. The maximum Gasteiger partial charge on any atom is 0.332 e. The highest BCUT2D eigenvalue weighted by atomic mass is 32.1. The van der Waals surface area contributed by atoms with E-state index in [0.717, 1.165) is 4.88 Å². The van der Waals surface area contributed by atoms with Gasteiger partial charge in [0.2, 0.25) is 0 Å². The summed E-state index contributed by atoms with van der Waals surface area (Å²) < 4.78 is 5.13. The molecule has 1 aliphatic heterocycles. The Labute approximate surface area is 102 Å². The van der Waals surface area contributed by atoms with Crippen LogP contribution < -0.4 is 5.32 Å². The monoisotopic (exact) mass is 256 g/mol. The third-order valence-electron chi connectivity index (χ3n) is 2.44. The molecule has 2 atom stereocenters. The van der Waals surface area contributed by atoms with Crippen LogP contribution in [0.25, 0.3) is 0 Å². The molecule has 0 saturated carbocycles. The lowest BCUT2D eigenvalue weighted by molar-refractivity contribution is -0.150. The van der Waals surface area contributed by atoms with Gasteiger partial charge in [0, 0.05) is 11.1 Å². The molecule has 6 nitrogen and oxygen atoms in total. The number of rotatable bonds is 3. The zero-order valence-corrected chi connectivity index (χ0v) is 9.99. The van der Waals surface area contributed by atoms with E-state index in [1.165, 1.54) is 11.3 Å². The lowest BCUT2D eigenvalue weighted by atomic mass is 10.2. The summed E-state index contributed by atoms with van der Waals surface area (Å²) in [6.45, 7) is 1.89. The Morgan fingerprint density at radius 1 is 1.53 bits per heavy atom. The van der Waals surface area contributed by atoms with Crippen LogP contribution in [0.3, 0.4) is 0 Å². The quantitative estimate of drug-likeness (QED) is 0.843. The summed E-state index contributed by atoms with van der Waals surface area (Å²) in [7, 11) is 0. The van der Waals surface area contributed by atoms with E-state index < -0.39 is 18.2 Å². The van der Waals surface area contributed by atoms with Gasteiger partial charge < -0.3 is 9.84 Å². The summed E-state index contributed by atoms with van der Waals surface area (Å²) in [5.41, 5.74) is 0. The van der Waals surface area contributed by atoms with Crippen molar-refractivity contribution in [1.82, 2.24) is 4.98 Å². The summed E-state index contributed by atoms with van der Waals surface area (Å²) in [6.07, 6.45) is 0.886. The second-order valence-electron chi connectivity index (χ2n) is 3.79. The number of ether oxygens (including phenoxy) is 1. The zero-order valence-electron chi connectivity index (χ0n) is 9.17. The molecule has 0 aliphatic carbocycles. The Morgan fingerprint density at radius 2 is 2.24 bits per heavy atom. The highest BCUT2D eigenvalue weighted by Gasteiger charge is 2.34. The molecular weight excluding hydrogens is 244 g/mol. The number of anilines is 1. The fraction of sp³-hybridized carbons (Fsp3) is 0.500. The molecule has 0 aromatic carbocycles. The number of aromatic nitrogens is 1. The minimum Gasteiger partial charge on any atom is -0.479 e. The van der Waals surface area contributed by atoms with Gasteiger partial charge in [0.15, 0.2) is 11.2 Å². The first-order valence-electron chi connectivity index (χ1n) is 5.18. The van der Waals surface area contributed by atoms with Gasteiger partial charge in [-0.2, -0.15) is 0 Å². The number of aryl methyl sites for hydroxylation is 1. The Hall–Kier alpha value is -1.47. The Bertz CT molecular complexity index is 445. The van der Waals surface area contributed by atoms with Crippen LogP contribution in [0.15, 0.2) is 6.20 Å². The molecule has 1 saturated heterocycles. The smallest absolute Gasteiger partial charge is 0.332 e. The van der Waals surface area contributed by atoms with Crippen LogP contribution in [0.4, 0.5) is 5.13 Å². The fourth-order valence-electron chi connectivity index (χ4n) is 1.61. The zero-order chi connectivity index (χ0) is 12.4. The summed E-state index contributed by atoms with van der Waals surface area (Å²) in [5.74, 6) is -1.35. The molecule has 0 spiro atoms. The molecule has 1 aromatic rings. The van der Waals surface area contributed by atoms with E-state index in [1.54, 1.807) is 6.20 Å². The molecule has 2 heterocycles. The SMILES string of the molecule is Cc1cnc(NC(=O)C2CCC(C(=O)O)O2)s1. The van der Waals surface area contributed by atoms with Crippen molar-refractivity contribution in [2.24, 2.45) is 0 Å². The Balaban J connectivity index is 1.91. The standard InChI is InChI=1S/C10H12N2O4S/c1-5-4-11-10(17-5)12-8(13)6-2-3-7(16-6)9(14)15/h4,6-7H,2-3H2,1H3,(H,14,15)(H,11,12,13). The van der Waals surface area contributed by atoms with Gasteiger partial charge in [0.1, 0.15) is 6.10 Å². The minimum absolute atomic E-state index is 0.330. The van der Waals surface area contributed by atoms with E-state index in [-0.39, 0.29) is 5.91 Å². The number of nitrogens with zero attached hydrogens (tertiary/aromatic N) is 1. The van der Waals surface area contributed by atoms with Gasteiger partial charge in [-0.05, 0) is 19.8 Å². The number of carboxylic acids is 1. The number of thiazole rings is 1. The first kappa shape index (κ1) is 12.0. The highest BCUT2D eigenvalue weighted by molar-refractivity contribution is 7.15. The summed E-state index contributed by atoms with van der Waals surface area (Å²) >= 11 is 1.37. The van der Waals surface area contributed by atoms with E-state index in [4.69, 9.17) is 9.84 Å².